The molecule has 0 N–H and O–H groups in total. The Kier molecular flexibility index (Phi) is 6.13. The van der Waals surface area contributed by atoms with Crippen molar-refractivity contribution in [2.45, 2.75) is 45.4 Å². The van der Waals surface area contributed by atoms with Crippen LogP contribution < -0.4 is 0 Å². The lowest BCUT2D eigenvalue weighted by atomic mass is 9.80. The van der Waals surface area contributed by atoms with E-state index in [0.29, 0.717) is 21.9 Å². The maximum atomic E-state index is 14.5. The first-order chi connectivity index (χ1) is 14.5. The molecule has 3 heteroatoms. The molecule has 4 rings (SSSR count). The van der Waals surface area contributed by atoms with Gasteiger partial charge >= 0.3 is 0 Å². The number of halogens is 3. The zero-order chi connectivity index (χ0) is 21.1. The van der Waals surface area contributed by atoms with Crippen LogP contribution in [0.2, 0.25) is 0 Å². The Bertz CT molecular complexity index is 1110. The van der Waals surface area contributed by atoms with Crippen molar-refractivity contribution < 1.29 is 13.2 Å². The lowest BCUT2D eigenvalue weighted by Crippen LogP contribution is -2.12. The molecule has 1 aliphatic rings. The van der Waals surface area contributed by atoms with Gasteiger partial charge in [-0.2, -0.15) is 0 Å². The number of rotatable bonds is 3. The van der Waals surface area contributed by atoms with Crippen molar-refractivity contribution in [3.05, 3.63) is 82.7 Å². The predicted octanol–water partition coefficient (Wildman–Crippen LogP) is 7.42. The summed E-state index contributed by atoms with van der Waals surface area (Å²) in [5.74, 6) is 5.32. The highest BCUT2D eigenvalue weighted by Gasteiger charge is 2.18. The van der Waals surface area contributed by atoms with Crippen molar-refractivity contribution in [3.8, 4) is 11.8 Å². The molecule has 1 aliphatic carbocycles. The van der Waals surface area contributed by atoms with Gasteiger partial charge in [0.15, 0.2) is 11.6 Å². The molecule has 3 aromatic carbocycles. The summed E-state index contributed by atoms with van der Waals surface area (Å²) in [6.45, 7) is 2.32. The van der Waals surface area contributed by atoms with Crippen LogP contribution in [0.25, 0.3) is 10.8 Å². The summed E-state index contributed by atoms with van der Waals surface area (Å²) >= 11 is 0. The molecule has 0 unspecified atom stereocenters. The maximum Gasteiger partial charge on any atom is 0.159 e. The number of benzene rings is 3. The summed E-state index contributed by atoms with van der Waals surface area (Å²) in [4.78, 5) is 0. The van der Waals surface area contributed by atoms with Crippen molar-refractivity contribution in [3.63, 3.8) is 0 Å². The second-order valence-corrected chi connectivity index (χ2v) is 8.56. The zero-order valence-corrected chi connectivity index (χ0v) is 17.2. The minimum atomic E-state index is -0.892. The molecule has 0 bridgehead atoms. The van der Waals surface area contributed by atoms with Crippen molar-refractivity contribution in [2.75, 3.05) is 0 Å². The summed E-state index contributed by atoms with van der Waals surface area (Å²) in [7, 11) is 0. The van der Waals surface area contributed by atoms with Crippen LogP contribution in [0.5, 0.6) is 0 Å². The van der Waals surface area contributed by atoms with Gasteiger partial charge in [0.1, 0.15) is 5.82 Å². The molecular weight excluding hydrogens is 381 g/mol. The molecule has 0 aromatic heterocycles. The Morgan fingerprint density at radius 1 is 0.767 bits per heavy atom. The summed E-state index contributed by atoms with van der Waals surface area (Å²) in [5.41, 5.74) is 1.99. The average Bonchev–Trinajstić information content (AvgIpc) is 2.73. The topological polar surface area (TPSA) is 0 Å². The van der Waals surface area contributed by atoms with E-state index in [1.165, 1.54) is 25.7 Å². The molecular formula is C27H25F3. The summed E-state index contributed by atoms with van der Waals surface area (Å²) < 4.78 is 41.3. The van der Waals surface area contributed by atoms with Crippen LogP contribution in [0.15, 0.2) is 48.5 Å². The van der Waals surface area contributed by atoms with Gasteiger partial charge in [-0.3, -0.25) is 0 Å². The molecule has 0 heterocycles. The highest BCUT2D eigenvalue weighted by atomic mass is 19.2. The fourth-order valence-corrected chi connectivity index (χ4v) is 4.26. The molecule has 30 heavy (non-hydrogen) atoms. The Morgan fingerprint density at radius 3 is 2.23 bits per heavy atom. The number of hydrogen-bond donors (Lipinski definition) is 0. The quantitative estimate of drug-likeness (QED) is 0.397. The van der Waals surface area contributed by atoms with Gasteiger partial charge < -0.3 is 0 Å². The van der Waals surface area contributed by atoms with Crippen LogP contribution in [0.3, 0.4) is 0 Å². The third-order valence-electron chi connectivity index (χ3n) is 6.23. The molecule has 0 nitrogen and oxygen atoms in total. The van der Waals surface area contributed by atoms with E-state index in [-0.39, 0.29) is 5.82 Å². The van der Waals surface area contributed by atoms with Crippen molar-refractivity contribution in [1.82, 2.24) is 0 Å². The Balaban J connectivity index is 1.45. The maximum absolute atomic E-state index is 14.5. The molecule has 0 saturated heterocycles. The molecule has 1 fully saturated rings. The molecule has 0 atom stereocenters. The SMILES string of the molecule is CC1CCC(CCc2ccc(C#Cc3ccc4cc(F)c(F)cc4c3)c(F)c2)CC1. The van der Waals surface area contributed by atoms with E-state index < -0.39 is 11.6 Å². The Morgan fingerprint density at radius 2 is 1.50 bits per heavy atom. The van der Waals surface area contributed by atoms with Crippen molar-refractivity contribution in [1.29, 1.82) is 0 Å². The van der Waals surface area contributed by atoms with E-state index in [0.717, 1.165) is 42.4 Å². The monoisotopic (exact) mass is 406 g/mol. The lowest BCUT2D eigenvalue weighted by Gasteiger charge is -2.26. The van der Waals surface area contributed by atoms with Gasteiger partial charge in [0.05, 0.1) is 5.56 Å². The number of hydrogen-bond acceptors (Lipinski definition) is 0. The minimum Gasteiger partial charge on any atom is -0.206 e. The molecule has 154 valence electrons. The van der Waals surface area contributed by atoms with E-state index in [9.17, 15) is 13.2 Å². The molecule has 0 aliphatic heterocycles. The first-order valence-electron chi connectivity index (χ1n) is 10.7. The standard InChI is InChI=1S/C27H25F3/c1-18-2-4-19(5-3-18)6-7-21-9-12-22(25(28)15-21)11-8-20-10-13-23-16-26(29)27(30)17-24(23)14-20/h9-10,12-19H,2-7H2,1H3. The summed E-state index contributed by atoms with van der Waals surface area (Å²) in [5, 5.41) is 1.16. The smallest absolute Gasteiger partial charge is 0.159 e. The molecule has 0 amide bonds. The zero-order valence-electron chi connectivity index (χ0n) is 17.2. The van der Waals surface area contributed by atoms with Gasteiger partial charge in [-0.15, -0.1) is 0 Å². The first kappa shape index (κ1) is 20.5. The number of aryl methyl sites for hydroxylation is 1. The highest BCUT2D eigenvalue weighted by Crippen LogP contribution is 2.31. The van der Waals surface area contributed by atoms with E-state index in [1.807, 2.05) is 6.07 Å². The average molecular weight is 406 g/mol. The normalized spacial score (nSPS) is 18.8. The van der Waals surface area contributed by atoms with Gasteiger partial charge in [0.2, 0.25) is 0 Å². The van der Waals surface area contributed by atoms with Gasteiger partial charge in [-0.1, -0.05) is 56.6 Å². The first-order valence-corrected chi connectivity index (χ1v) is 10.7. The second-order valence-electron chi connectivity index (χ2n) is 8.56. The fourth-order valence-electron chi connectivity index (χ4n) is 4.26. The fraction of sp³-hybridized carbons (Fsp3) is 0.333. The van der Waals surface area contributed by atoms with E-state index in [1.54, 1.807) is 30.3 Å². The molecule has 0 spiro atoms. The lowest BCUT2D eigenvalue weighted by molar-refractivity contribution is 0.277. The largest absolute Gasteiger partial charge is 0.206 e. The van der Waals surface area contributed by atoms with Crippen LogP contribution >= 0.6 is 0 Å². The highest BCUT2D eigenvalue weighted by molar-refractivity contribution is 5.84. The molecule has 3 aromatic rings. The predicted molar refractivity (Wildman–Crippen MR) is 116 cm³/mol. The van der Waals surface area contributed by atoms with E-state index in [4.69, 9.17) is 0 Å². The number of fused-ring (bicyclic) bond motifs is 1. The summed E-state index contributed by atoms with van der Waals surface area (Å²) in [6.07, 6.45) is 7.21. The van der Waals surface area contributed by atoms with Gasteiger partial charge in [-0.25, -0.2) is 13.2 Å². The molecule has 1 saturated carbocycles. The van der Waals surface area contributed by atoms with Gasteiger partial charge in [0.25, 0.3) is 0 Å². The van der Waals surface area contributed by atoms with Crippen molar-refractivity contribution in [2.24, 2.45) is 11.8 Å². The van der Waals surface area contributed by atoms with E-state index >= 15 is 0 Å². The van der Waals surface area contributed by atoms with Crippen LogP contribution in [0.1, 0.15) is 55.7 Å². The minimum absolute atomic E-state index is 0.314. The van der Waals surface area contributed by atoms with Crippen LogP contribution in [0, 0.1) is 41.1 Å². The van der Waals surface area contributed by atoms with Crippen LogP contribution in [-0.4, -0.2) is 0 Å². The van der Waals surface area contributed by atoms with Crippen LogP contribution in [-0.2, 0) is 6.42 Å². The Hall–Kier alpha value is -2.73. The second kappa shape index (κ2) is 8.96. The van der Waals surface area contributed by atoms with Crippen LogP contribution in [0.4, 0.5) is 13.2 Å². The van der Waals surface area contributed by atoms with E-state index in [2.05, 4.69) is 18.8 Å². The third-order valence-corrected chi connectivity index (χ3v) is 6.23. The third kappa shape index (κ3) is 4.87. The van der Waals surface area contributed by atoms with Gasteiger partial charge in [-0.05, 0) is 77.4 Å². The van der Waals surface area contributed by atoms with Gasteiger partial charge in [0, 0.05) is 5.56 Å². The summed E-state index contributed by atoms with van der Waals surface area (Å²) in [6, 6.07) is 12.7. The molecule has 0 radical (unpaired) electrons. The van der Waals surface area contributed by atoms with Crippen molar-refractivity contribution >= 4 is 10.8 Å². The Labute approximate surface area is 176 Å².